The summed E-state index contributed by atoms with van der Waals surface area (Å²) in [5.74, 6) is 0.331. The minimum absolute atomic E-state index is 0.116. The van der Waals surface area contributed by atoms with Crippen LogP contribution in [0.15, 0.2) is 42.5 Å². The smallest absolute Gasteiger partial charge is 0.261 e. The minimum Gasteiger partial charge on any atom is -0.483 e. The van der Waals surface area contributed by atoms with Crippen LogP contribution in [0.2, 0.25) is 0 Å². The quantitative estimate of drug-likeness (QED) is 0.667. The Bertz CT molecular complexity index is 915. The Morgan fingerprint density at radius 1 is 1.03 bits per heavy atom. The highest BCUT2D eigenvalue weighted by Gasteiger charge is 2.31. The van der Waals surface area contributed by atoms with E-state index in [-0.39, 0.29) is 24.0 Å². The average Bonchev–Trinajstić information content (AvgIpc) is 2.67. The van der Waals surface area contributed by atoms with E-state index in [4.69, 9.17) is 4.74 Å². The van der Waals surface area contributed by atoms with E-state index >= 15 is 0 Å². The second kappa shape index (κ2) is 10.5. The molecule has 2 aromatic rings. The molecule has 0 aromatic heterocycles. The number of benzene rings is 2. The fourth-order valence-electron chi connectivity index (χ4n) is 3.46. The van der Waals surface area contributed by atoms with Crippen LogP contribution in [-0.4, -0.2) is 34.9 Å². The van der Waals surface area contributed by atoms with Crippen LogP contribution >= 0.6 is 0 Å². The molecule has 1 N–H and O–H groups in total. The summed E-state index contributed by atoms with van der Waals surface area (Å²) >= 11 is 0. The Kier molecular flexibility index (Phi) is 8.26. The fraction of sp³-hybridized carbons (Fsp3) is 0.462. The molecule has 2 aromatic carbocycles. The summed E-state index contributed by atoms with van der Waals surface area (Å²) in [5.41, 5.74) is 3.77. The van der Waals surface area contributed by atoms with Gasteiger partial charge in [-0.05, 0) is 70.7 Å². The monoisotopic (exact) mass is 424 g/mol. The molecule has 5 nitrogen and oxygen atoms in total. The maximum absolute atomic E-state index is 13.3. The molecule has 0 aliphatic heterocycles. The average molecular weight is 425 g/mol. The summed E-state index contributed by atoms with van der Waals surface area (Å²) in [5, 5.41) is 3.02. The molecule has 0 bridgehead atoms. The zero-order valence-corrected chi connectivity index (χ0v) is 19.9. The van der Waals surface area contributed by atoms with Crippen LogP contribution in [0, 0.1) is 20.8 Å². The van der Waals surface area contributed by atoms with Crippen molar-refractivity contribution < 1.29 is 14.3 Å². The van der Waals surface area contributed by atoms with Crippen LogP contribution in [0.1, 0.15) is 56.4 Å². The first-order valence-corrected chi connectivity index (χ1v) is 10.9. The van der Waals surface area contributed by atoms with E-state index in [9.17, 15) is 9.59 Å². The second-order valence-corrected chi connectivity index (χ2v) is 9.23. The first-order valence-electron chi connectivity index (χ1n) is 10.9. The van der Waals surface area contributed by atoms with Crippen molar-refractivity contribution in [1.82, 2.24) is 10.2 Å². The van der Waals surface area contributed by atoms with Crippen molar-refractivity contribution in [1.29, 1.82) is 0 Å². The molecule has 2 amide bonds. The predicted molar refractivity (Wildman–Crippen MR) is 125 cm³/mol. The number of ether oxygens (including phenoxy) is 1. The normalized spacial score (nSPS) is 12.2. The molecule has 0 radical (unpaired) electrons. The Morgan fingerprint density at radius 3 is 2.32 bits per heavy atom. The summed E-state index contributed by atoms with van der Waals surface area (Å²) in [7, 11) is 0. The van der Waals surface area contributed by atoms with Gasteiger partial charge in [-0.2, -0.15) is 0 Å². The largest absolute Gasteiger partial charge is 0.483 e. The van der Waals surface area contributed by atoms with Gasteiger partial charge in [-0.25, -0.2) is 0 Å². The van der Waals surface area contributed by atoms with Crippen LogP contribution < -0.4 is 10.1 Å². The van der Waals surface area contributed by atoms with Crippen LogP contribution in [0.25, 0.3) is 0 Å². The van der Waals surface area contributed by atoms with E-state index in [0.717, 1.165) is 22.3 Å². The molecule has 0 aliphatic rings. The van der Waals surface area contributed by atoms with Gasteiger partial charge in [-0.3, -0.25) is 9.59 Å². The van der Waals surface area contributed by atoms with Crippen molar-refractivity contribution in [2.45, 2.75) is 73.0 Å². The van der Waals surface area contributed by atoms with E-state index in [1.165, 1.54) is 0 Å². The highest BCUT2D eigenvalue weighted by Crippen LogP contribution is 2.20. The highest BCUT2D eigenvalue weighted by molar-refractivity contribution is 5.88. The van der Waals surface area contributed by atoms with Crippen LogP contribution in [-0.2, 0) is 16.1 Å². The lowest BCUT2D eigenvalue weighted by Crippen LogP contribution is -2.54. The summed E-state index contributed by atoms with van der Waals surface area (Å²) < 4.78 is 5.87. The van der Waals surface area contributed by atoms with Gasteiger partial charge < -0.3 is 15.0 Å². The molecule has 0 saturated carbocycles. The van der Waals surface area contributed by atoms with Crippen molar-refractivity contribution in [3.05, 3.63) is 64.7 Å². The third kappa shape index (κ3) is 7.42. The Morgan fingerprint density at radius 2 is 1.71 bits per heavy atom. The van der Waals surface area contributed by atoms with Crippen molar-refractivity contribution in [2.24, 2.45) is 0 Å². The fourth-order valence-corrected chi connectivity index (χ4v) is 3.46. The molecular formula is C26H36N2O3. The van der Waals surface area contributed by atoms with Crippen molar-refractivity contribution >= 4 is 11.8 Å². The zero-order chi connectivity index (χ0) is 23.2. The van der Waals surface area contributed by atoms with Gasteiger partial charge in [0.1, 0.15) is 11.8 Å². The zero-order valence-electron chi connectivity index (χ0n) is 19.9. The van der Waals surface area contributed by atoms with E-state index in [1.54, 1.807) is 4.90 Å². The molecule has 0 spiro atoms. The molecule has 31 heavy (non-hydrogen) atoms. The maximum Gasteiger partial charge on any atom is 0.261 e. The topological polar surface area (TPSA) is 58.6 Å². The number of hydrogen-bond donors (Lipinski definition) is 1. The van der Waals surface area contributed by atoms with Crippen LogP contribution in [0.5, 0.6) is 5.75 Å². The molecule has 0 saturated heterocycles. The summed E-state index contributed by atoms with van der Waals surface area (Å²) in [6, 6.07) is 13.3. The molecule has 0 aliphatic carbocycles. The molecule has 168 valence electrons. The van der Waals surface area contributed by atoms with Gasteiger partial charge in [-0.15, -0.1) is 0 Å². The van der Waals surface area contributed by atoms with Gasteiger partial charge in [0.2, 0.25) is 5.91 Å². The number of rotatable bonds is 8. The molecule has 0 unspecified atom stereocenters. The van der Waals surface area contributed by atoms with Gasteiger partial charge in [-0.1, -0.05) is 48.9 Å². The number of amides is 2. The van der Waals surface area contributed by atoms with E-state index in [1.807, 2.05) is 90.9 Å². The molecule has 1 atom stereocenters. The minimum atomic E-state index is -0.575. The SMILES string of the molecule is CC[C@H](C(=O)NC(C)(C)C)N(Cc1cccc(C)c1)C(=O)COc1cc(C)ccc1C. The maximum atomic E-state index is 13.3. The predicted octanol–water partition coefficient (Wildman–Crippen LogP) is 4.71. The molecular weight excluding hydrogens is 388 g/mol. The summed E-state index contributed by atoms with van der Waals surface area (Å²) in [6.07, 6.45) is 0.517. The van der Waals surface area contributed by atoms with Gasteiger partial charge in [0.15, 0.2) is 6.61 Å². The molecule has 0 fully saturated rings. The van der Waals surface area contributed by atoms with Gasteiger partial charge in [0, 0.05) is 12.1 Å². The highest BCUT2D eigenvalue weighted by atomic mass is 16.5. The molecule has 5 heteroatoms. The standard InChI is InChI=1S/C26H36N2O3/c1-8-22(25(30)27-26(5,6)7)28(16-21-11-9-10-18(2)14-21)24(29)17-31-23-15-19(3)12-13-20(23)4/h9-15,22H,8,16-17H2,1-7H3,(H,27,30)/t22-/m1/s1. The van der Waals surface area contributed by atoms with Gasteiger partial charge in [0.25, 0.3) is 5.91 Å². The Hall–Kier alpha value is -2.82. The third-order valence-electron chi connectivity index (χ3n) is 5.01. The molecule has 2 rings (SSSR count). The van der Waals surface area contributed by atoms with Crippen LogP contribution in [0.4, 0.5) is 0 Å². The second-order valence-electron chi connectivity index (χ2n) is 9.23. The number of carbonyl (C=O) groups is 2. The van der Waals surface area contributed by atoms with Gasteiger partial charge >= 0.3 is 0 Å². The summed E-state index contributed by atoms with van der Waals surface area (Å²) in [4.78, 5) is 28.0. The van der Waals surface area contributed by atoms with E-state index in [2.05, 4.69) is 5.32 Å². The van der Waals surface area contributed by atoms with Crippen molar-refractivity contribution in [3.8, 4) is 5.75 Å². The van der Waals surface area contributed by atoms with E-state index in [0.29, 0.717) is 18.7 Å². The third-order valence-corrected chi connectivity index (χ3v) is 5.01. The first kappa shape index (κ1) is 24.4. The Labute approximate surface area is 186 Å². The first-order chi connectivity index (χ1) is 14.5. The molecule has 0 heterocycles. The summed E-state index contributed by atoms with van der Waals surface area (Å²) in [6.45, 7) is 13.9. The van der Waals surface area contributed by atoms with Gasteiger partial charge in [0.05, 0.1) is 0 Å². The number of aryl methyl sites for hydroxylation is 3. The van der Waals surface area contributed by atoms with Crippen molar-refractivity contribution in [3.63, 3.8) is 0 Å². The number of nitrogens with one attached hydrogen (secondary N) is 1. The lowest BCUT2D eigenvalue weighted by Gasteiger charge is -2.33. The lowest BCUT2D eigenvalue weighted by atomic mass is 10.1. The van der Waals surface area contributed by atoms with Crippen LogP contribution in [0.3, 0.4) is 0 Å². The number of hydrogen-bond acceptors (Lipinski definition) is 3. The lowest BCUT2D eigenvalue weighted by molar-refractivity contribution is -0.143. The Balaban J connectivity index is 2.27. The number of nitrogens with zero attached hydrogens (tertiary/aromatic N) is 1. The van der Waals surface area contributed by atoms with E-state index < -0.39 is 6.04 Å². The van der Waals surface area contributed by atoms with Crippen molar-refractivity contribution in [2.75, 3.05) is 6.61 Å². The number of carbonyl (C=O) groups excluding carboxylic acids is 2.